The first kappa shape index (κ1) is 20.0. The summed E-state index contributed by atoms with van der Waals surface area (Å²) >= 11 is 0. The second kappa shape index (κ2) is 7.34. The van der Waals surface area contributed by atoms with E-state index in [9.17, 15) is 4.79 Å². The summed E-state index contributed by atoms with van der Waals surface area (Å²) in [6.07, 6.45) is 2.91. The summed E-state index contributed by atoms with van der Waals surface area (Å²) in [7, 11) is 0. The van der Waals surface area contributed by atoms with Crippen LogP contribution in [0.3, 0.4) is 0 Å². The van der Waals surface area contributed by atoms with Crippen LogP contribution in [0.5, 0.6) is 0 Å². The Bertz CT molecular complexity index is 872. The normalized spacial score (nSPS) is 16.5. The van der Waals surface area contributed by atoms with Gasteiger partial charge in [0.05, 0.1) is 0 Å². The van der Waals surface area contributed by atoms with Crippen molar-refractivity contribution in [3.05, 3.63) is 65.9 Å². The standard InChI is InChI=1S/C24H31N3O/c1-23(2,3)17-6-12-20(13-7-17)27-15-14-24(4,5)21(16-27)22(28)26-19-10-8-18(25)9-11-19/h6-13,16H,14-15,25H2,1-5H3,(H,26,28). The SMILES string of the molecule is CC1(C)CCN(c2ccc(C(C)(C)C)cc2)C=C1C(=O)Nc1ccc(N)cc1. The number of nitrogens with zero attached hydrogens (tertiary/aromatic N) is 1. The molecular formula is C24H31N3O. The van der Waals surface area contributed by atoms with Gasteiger partial charge in [0.25, 0.3) is 5.91 Å². The fraction of sp³-hybridized carbons (Fsp3) is 0.375. The molecule has 2 aromatic rings. The lowest BCUT2D eigenvalue weighted by Gasteiger charge is -2.37. The Morgan fingerprint density at radius 2 is 1.64 bits per heavy atom. The van der Waals surface area contributed by atoms with E-state index < -0.39 is 0 Å². The molecular weight excluding hydrogens is 346 g/mol. The van der Waals surface area contributed by atoms with Gasteiger partial charge >= 0.3 is 0 Å². The molecule has 0 spiro atoms. The van der Waals surface area contributed by atoms with Gasteiger partial charge in [0, 0.05) is 35.4 Å². The Morgan fingerprint density at radius 1 is 1.04 bits per heavy atom. The Morgan fingerprint density at radius 3 is 2.21 bits per heavy atom. The van der Waals surface area contributed by atoms with Crippen molar-refractivity contribution in [2.24, 2.45) is 5.41 Å². The third-order valence-corrected chi connectivity index (χ3v) is 5.47. The van der Waals surface area contributed by atoms with Crippen molar-refractivity contribution in [1.82, 2.24) is 0 Å². The van der Waals surface area contributed by atoms with Crippen LogP contribution in [0.1, 0.15) is 46.6 Å². The molecule has 1 aliphatic rings. The molecule has 4 heteroatoms. The molecule has 0 saturated carbocycles. The molecule has 2 aromatic carbocycles. The summed E-state index contributed by atoms with van der Waals surface area (Å²) in [5.41, 5.74) is 10.3. The van der Waals surface area contributed by atoms with Crippen molar-refractivity contribution in [2.75, 3.05) is 22.5 Å². The molecule has 0 radical (unpaired) electrons. The minimum Gasteiger partial charge on any atom is -0.399 e. The molecule has 1 amide bonds. The lowest BCUT2D eigenvalue weighted by atomic mass is 9.78. The van der Waals surface area contributed by atoms with Crippen molar-refractivity contribution in [2.45, 2.75) is 46.5 Å². The molecule has 1 aliphatic heterocycles. The van der Waals surface area contributed by atoms with Crippen LogP contribution >= 0.6 is 0 Å². The van der Waals surface area contributed by atoms with Crippen LogP contribution in [0, 0.1) is 5.41 Å². The van der Waals surface area contributed by atoms with Gasteiger partial charge in [0.2, 0.25) is 0 Å². The van der Waals surface area contributed by atoms with Crippen molar-refractivity contribution in [3.63, 3.8) is 0 Å². The summed E-state index contributed by atoms with van der Waals surface area (Å²) in [6, 6.07) is 15.9. The smallest absolute Gasteiger partial charge is 0.253 e. The van der Waals surface area contributed by atoms with Crippen LogP contribution in [0.2, 0.25) is 0 Å². The summed E-state index contributed by atoms with van der Waals surface area (Å²) in [4.78, 5) is 15.2. The second-order valence-electron chi connectivity index (χ2n) is 9.24. The van der Waals surface area contributed by atoms with Gasteiger partial charge in [-0.25, -0.2) is 0 Å². The first-order chi connectivity index (χ1) is 13.1. The van der Waals surface area contributed by atoms with Gasteiger partial charge in [0.15, 0.2) is 0 Å². The van der Waals surface area contributed by atoms with Crippen molar-refractivity contribution in [1.29, 1.82) is 0 Å². The molecule has 0 aromatic heterocycles. The molecule has 1 heterocycles. The third-order valence-electron chi connectivity index (χ3n) is 5.47. The van der Waals surface area contributed by atoms with E-state index in [-0.39, 0.29) is 16.7 Å². The molecule has 0 bridgehead atoms. The largest absolute Gasteiger partial charge is 0.399 e. The Labute approximate surface area is 168 Å². The van der Waals surface area contributed by atoms with Crippen LogP contribution in [0.15, 0.2) is 60.3 Å². The first-order valence-corrected chi connectivity index (χ1v) is 9.83. The Hall–Kier alpha value is -2.75. The maximum absolute atomic E-state index is 13.0. The van der Waals surface area contributed by atoms with Gasteiger partial charge in [-0.15, -0.1) is 0 Å². The number of carbonyl (C=O) groups excluding carboxylic acids is 1. The predicted octanol–water partition coefficient (Wildman–Crippen LogP) is 5.33. The molecule has 0 aliphatic carbocycles. The summed E-state index contributed by atoms with van der Waals surface area (Å²) in [5, 5.41) is 3.01. The van der Waals surface area contributed by atoms with E-state index in [4.69, 9.17) is 5.73 Å². The highest BCUT2D eigenvalue weighted by atomic mass is 16.1. The zero-order chi connectivity index (χ0) is 20.5. The summed E-state index contributed by atoms with van der Waals surface area (Å²) < 4.78 is 0. The maximum atomic E-state index is 13.0. The van der Waals surface area contributed by atoms with E-state index in [0.29, 0.717) is 5.69 Å². The zero-order valence-corrected chi connectivity index (χ0v) is 17.5. The number of hydrogen-bond donors (Lipinski definition) is 2. The predicted molar refractivity (Wildman–Crippen MR) is 118 cm³/mol. The molecule has 0 unspecified atom stereocenters. The molecule has 3 rings (SSSR count). The van der Waals surface area contributed by atoms with Crippen molar-refractivity contribution >= 4 is 23.0 Å². The molecule has 148 valence electrons. The van der Waals surface area contributed by atoms with E-state index in [1.807, 2.05) is 18.3 Å². The number of rotatable bonds is 3. The van der Waals surface area contributed by atoms with Crippen molar-refractivity contribution < 1.29 is 4.79 Å². The highest BCUT2D eigenvalue weighted by molar-refractivity contribution is 6.05. The van der Waals surface area contributed by atoms with Crippen LogP contribution in [0.25, 0.3) is 0 Å². The third kappa shape index (κ3) is 4.38. The monoisotopic (exact) mass is 377 g/mol. The van der Waals surface area contributed by atoms with Gasteiger partial charge < -0.3 is 16.0 Å². The summed E-state index contributed by atoms with van der Waals surface area (Å²) in [6.45, 7) is 11.8. The molecule has 0 atom stereocenters. The summed E-state index contributed by atoms with van der Waals surface area (Å²) in [5.74, 6) is -0.0641. The average Bonchev–Trinajstić information content (AvgIpc) is 2.63. The highest BCUT2D eigenvalue weighted by Gasteiger charge is 2.33. The van der Waals surface area contributed by atoms with E-state index in [1.54, 1.807) is 12.1 Å². The van der Waals surface area contributed by atoms with E-state index in [1.165, 1.54) is 5.56 Å². The Balaban J connectivity index is 1.84. The molecule has 3 N–H and O–H groups in total. The first-order valence-electron chi connectivity index (χ1n) is 9.83. The fourth-order valence-electron chi connectivity index (χ4n) is 3.42. The minimum atomic E-state index is -0.181. The Kier molecular flexibility index (Phi) is 5.24. The highest BCUT2D eigenvalue weighted by Crippen LogP contribution is 2.37. The lowest BCUT2D eigenvalue weighted by molar-refractivity contribution is -0.113. The quantitative estimate of drug-likeness (QED) is 0.711. The van der Waals surface area contributed by atoms with Crippen LogP contribution < -0.4 is 16.0 Å². The number of carbonyl (C=O) groups is 1. The molecule has 28 heavy (non-hydrogen) atoms. The zero-order valence-electron chi connectivity index (χ0n) is 17.5. The van der Waals surface area contributed by atoms with Crippen LogP contribution in [0.4, 0.5) is 17.1 Å². The number of benzene rings is 2. The van der Waals surface area contributed by atoms with E-state index in [2.05, 4.69) is 69.1 Å². The van der Waals surface area contributed by atoms with Gasteiger partial charge in [-0.2, -0.15) is 0 Å². The number of nitrogen functional groups attached to an aromatic ring is 1. The van der Waals surface area contributed by atoms with E-state index in [0.717, 1.165) is 29.9 Å². The molecule has 0 saturated heterocycles. The second-order valence-corrected chi connectivity index (χ2v) is 9.24. The lowest BCUT2D eigenvalue weighted by Crippen LogP contribution is -2.36. The van der Waals surface area contributed by atoms with Crippen molar-refractivity contribution in [3.8, 4) is 0 Å². The topological polar surface area (TPSA) is 58.4 Å². The van der Waals surface area contributed by atoms with Crippen LogP contribution in [-0.2, 0) is 10.2 Å². The fourth-order valence-corrected chi connectivity index (χ4v) is 3.42. The molecule has 0 fully saturated rings. The number of nitrogens with one attached hydrogen (secondary N) is 1. The van der Waals surface area contributed by atoms with Gasteiger partial charge in [-0.05, 0) is 59.2 Å². The van der Waals surface area contributed by atoms with Gasteiger partial charge in [0.1, 0.15) is 0 Å². The number of anilines is 3. The van der Waals surface area contributed by atoms with Gasteiger partial charge in [-0.1, -0.05) is 46.8 Å². The maximum Gasteiger partial charge on any atom is 0.253 e. The molecule has 4 nitrogen and oxygen atoms in total. The van der Waals surface area contributed by atoms with Gasteiger partial charge in [-0.3, -0.25) is 4.79 Å². The number of hydrogen-bond acceptors (Lipinski definition) is 3. The average molecular weight is 378 g/mol. The van der Waals surface area contributed by atoms with Crippen LogP contribution in [-0.4, -0.2) is 12.5 Å². The van der Waals surface area contributed by atoms with E-state index >= 15 is 0 Å². The number of amides is 1. The number of nitrogens with two attached hydrogens (primary N) is 1. The minimum absolute atomic E-state index is 0.0641.